The van der Waals surface area contributed by atoms with Gasteiger partial charge in [0, 0.05) is 20.1 Å². The lowest BCUT2D eigenvalue weighted by Gasteiger charge is -2.36. The molecule has 1 amide bonds. The highest BCUT2D eigenvalue weighted by Gasteiger charge is 2.37. The summed E-state index contributed by atoms with van der Waals surface area (Å²) < 4.78 is 26.1. The van der Waals surface area contributed by atoms with E-state index >= 15 is 0 Å². The fraction of sp³-hybridized carbons (Fsp3) is 0.417. The Kier molecular flexibility index (Phi) is 3.41. The SMILES string of the molecule is CC1C(=O)N(C)CCN1S(=O)(=O)c1ccccc1. The third kappa shape index (κ3) is 2.13. The summed E-state index contributed by atoms with van der Waals surface area (Å²) in [6.45, 7) is 2.38. The summed E-state index contributed by atoms with van der Waals surface area (Å²) in [5.41, 5.74) is 0. The van der Waals surface area contributed by atoms with E-state index < -0.39 is 16.1 Å². The molecule has 1 heterocycles. The summed E-state index contributed by atoms with van der Waals surface area (Å²) in [6.07, 6.45) is 0. The predicted octanol–water partition coefficient (Wildman–Crippen LogP) is 0.538. The van der Waals surface area contributed by atoms with E-state index in [9.17, 15) is 13.2 Å². The molecule has 1 fully saturated rings. The summed E-state index contributed by atoms with van der Waals surface area (Å²) >= 11 is 0. The molecule has 0 saturated carbocycles. The second kappa shape index (κ2) is 4.70. The van der Waals surface area contributed by atoms with Gasteiger partial charge >= 0.3 is 0 Å². The van der Waals surface area contributed by atoms with Crippen molar-refractivity contribution in [3.8, 4) is 0 Å². The molecule has 18 heavy (non-hydrogen) atoms. The number of likely N-dealkylation sites (N-methyl/N-ethyl adjacent to an activating group) is 1. The highest BCUT2D eigenvalue weighted by Crippen LogP contribution is 2.21. The highest BCUT2D eigenvalue weighted by molar-refractivity contribution is 7.89. The quantitative estimate of drug-likeness (QED) is 0.786. The van der Waals surface area contributed by atoms with E-state index in [-0.39, 0.29) is 10.8 Å². The molecule has 2 rings (SSSR count). The molecule has 0 bridgehead atoms. The third-order valence-electron chi connectivity index (χ3n) is 3.17. The Morgan fingerprint density at radius 2 is 1.78 bits per heavy atom. The van der Waals surface area contributed by atoms with E-state index in [0.29, 0.717) is 13.1 Å². The van der Waals surface area contributed by atoms with Gasteiger partial charge in [-0.2, -0.15) is 4.31 Å². The number of hydrogen-bond donors (Lipinski definition) is 0. The molecular formula is C12H16N2O3S. The monoisotopic (exact) mass is 268 g/mol. The van der Waals surface area contributed by atoms with Gasteiger partial charge in [0.2, 0.25) is 15.9 Å². The molecule has 5 nitrogen and oxygen atoms in total. The average molecular weight is 268 g/mol. The fourth-order valence-corrected chi connectivity index (χ4v) is 3.65. The van der Waals surface area contributed by atoms with Gasteiger partial charge in [-0.25, -0.2) is 8.42 Å². The van der Waals surface area contributed by atoms with Gasteiger partial charge in [-0.1, -0.05) is 18.2 Å². The molecule has 0 aromatic heterocycles. The summed E-state index contributed by atoms with van der Waals surface area (Å²) in [6, 6.07) is 7.56. The van der Waals surface area contributed by atoms with E-state index in [1.54, 1.807) is 49.2 Å². The number of sulfonamides is 1. The third-order valence-corrected chi connectivity index (χ3v) is 5.16. The van der Waals surface area contributed by atoms with Crippen LogP contribution in [0.4, 0.5) is 0 Å². The lowest BCUT2D eigenvalue weighted by atomic mass is 10.2. The predicted molar refractivity (Wildman–Crippen MR) is 67.4 cm³/mol. The molecule has 0 aliphatic carbocycles. The number of carbonyl (C=O) groups is 1. The Bertz CT molecular complexity index is 542. The molecule has 0 radical (unpaired) electrons. The maximum atomic E-state index is 12.4. The molecule has 1 unspecified atom stereocenters. The smallest absolute Gasteiger partial charge is 0.243 e. The Morgan fingerprint density at radius 1 is 1.17 bits per heavy atom. The van der Waals surface area contributed by atoms with Gasteiger partial charge in [0.1, 0.15) is 6.04 Å². The largest absolute Gasteiger partial charge is 0.343 e. The first kappa shape index (κ1) is 13.0. The maximum Gasteiger partial charge on any atom is 0.243 e. The second-order valence-corrected chi connectivity index (χ2v) is 6.26. The Balaban J connectivity index is 2.35. The standard InChI is InChI=1S/C12H16N2O3S/c1-10-12(15)13(2)8-9-14(10)18(16,17)11-6-4-3-5-7-11/h3-7,10H,8-9H2,1-2H3. The number of benzene rings is 1. The number of nitrogens with zero attached hydrogens (tertiary/aromatic N) is 2. The maximum absolute atomic E-state index is 12.4. The topological polar surface area (TPSA) is 57.7 Å². The Hall–Kier alpha value is -1.40. The Morgan fingerprint density at radius 3 is 2.39 bits per heavy atom. The number of piperazine rings is 1. The zero-order valence-corrected chi connectivity index (χ0v) is 11.2. The van der Waals surface area contributed by atoms with Gasteiger partial charge in [-0.05, 0) is 19.1 Å². The highest BCUT2D eigenvalue weighted by atomic mass is 32.2. The van der Waals surface area contributed by atoms with Crippen molar-refractivity contribution in [3.63, 3.8) is 0 Å². The number of carbonyl (C=O) groups excluding carboxylic acids is 1. The molecule has 1 aliphatic heterocycles. The summed E-state index contributed by atoms with van der Waals surface area (Å²) in [5.74, 6) is -0.166. The normalized spacial score (nSPS) is 22.2. The first-order valence-electron chi connectivity index (χ1n) is 5.76. The molecule has 1 aromatic rings. The van der Waals surface area contributed by atoms with Crippen LogP contribution in [0.2, 0.25) is 0 Å². The molecule has 0 spiro atoms. The number of hydrogen-bond acceptors (Lipinski definition) is 3. The summed E-state index contributed by atoms with van der Waals surface area (Å²) in [4.78, 5) is 13.6. The van der Waals surface area contributed by atoms with E-state index in [2.05, 4.69) is 0 Å². The van der Waals surface area contributed by atoms with Crippen LogP contribution in [-0.2, 0) is 14.8 Å². The van der Waals surface area contributed by atoms with Crippen molar-refractivity contribution in [1.29, 1.82) is 0 Å². The van der Waals surface area contributed by atoms with Crippen LogP contribution in [0.15, 0.2) is 35.2 Å². The molecule has 1 aromatic carbocycles. The first-order valence-corrected chi connectivity index (χ1v) is 7.20. The van der Waals surface area contributed by atoms with Crippen LogP contribution in [0.5, 0.6) is 0 Å². The van der Waals surface area contributed by atoms with Gasteiger partial charge in [-0.3, -0.25) is 4.79 Å². The van der Waals surface area contributed by atoms with Crippen LogP contribution in [0.25, 0.3) is 0 Å². The van der Waals surface area contributed by atoms with Crippen molar-refractivity contribution in [2.24, 2.45) is 0 Å². The minimum absolute atomic E-state index is 0.166. The van der Waals surface area contributed by atoms with Crippen LogP contribution in [-0.4, -0.2) is 49.7 Å². The number of amides is 1. The lowest BCUT2D eigenvalue weighted by Crippen LogP contribution is -2.56. The van der Waals surface area contributed by atoms with Gasteiger partial charge in [0.15, 0.2) is 0 Å². The van der Waals surface area contributed by atoms with Gasteiger partial charge < -0.3 is 4.90 Å². The molecule has 1 atom stereocenters. The molecule has 98 valence electrons. The minimum atomic E-state index is -3.58. The van der Waals surface area contributed by atoms with Crippen LogP contribution in [0, 0.1) is 0 Å². The average Bonchev–Trinajstić information content (AvgIpc) is 2.37. The fourth-order valence-electron chi connectivity index (χ4n) is 2.05. The summed E-state index contributed by atoms with van der Waals surface area (Å²) in [7, 11) is -1.90. The second-order valence-electron chi connectivity index (χ2n) is 4.36. The zero-order chi connectivity index (χ0) is 13.3. The van der Waals surface area contributed by atoms with Crippen molar-refractivity contribution < 1.29 is 13.2 Å². The van der Waals surface area contributed by atoms with Crippen molar-refractivity contribution in [3.05, 3.63) is 30.3 Å². The van der Waals surface area contributed by atoms with Gasteiger partial charge in [-0.15, -0.1) is 0 Å². The molecule has 1 saturated heterocycles. The van der Waals surface area contributed by atoms with E-state index in [4.69, 9.17) is 0 Å². The van der Waals surface area contributed by atoms with Crippen LogP contribution in [0.3, 0.4) is 0 Å². The van der Waals surface area contributed by atoms with Crippen molar-refractivity contribution in [2.45, 2.75) is 17.9 Å². The first-order chi connectivity index (χ1) is 8.44. The van der Waals surface area contributed by atoms with E-state index in [1.165, 1.54) is 4.31 Å². The Labute approximate surface area is 107 Å². The minimum Gasteiger partial charge on any atom is -0.343 e. The molecule has 6 heteroatoms. The molecule has 1 aliphatic rings. The van der Waals surface area contributed by atoms with Crippen LogP contribution < -0.4 is 0 Å². The molecular weight excluding hydrogens is 252 g/mol. The van der Waals surface area contributed by atoms with Crippen LogP contribution in [0.1, 0.15) is 6.92 Å². The van der Waals surface area contributed by atoms with E-state index in [1.807, 2.05) is 0 Å². The van der Waals surface area contributed by atoms with Gasteiger partial charge in [0.25, 0.3) is 0 Å². The van der Waals surface area contributed by atoms with Crippen LogP contribution >= 0.6 is 0 Å². The number of rotatable bonds is 2. The van der Waals surface area contributed by atoms with Gasteiger partial charge in [0.05, 0.1) is 4.90 Å². The van der Waals surface area contributed by atoms with Crippen molar-refractivity contribution >= 4 is 15.9 Å². The summed E-state index contributed by atoms with van der Waals surface area (Å²) in [5, 5.41) is 0. The van der Waals surface area contributed by atoms with E-state index in [0.717, 1.165) is 0 Å². The van der Waals surface area contributed by atoms with Crippen molar-refractivity contribution in [1.82, 2.24) is 9.21 Å². The lowest BCUT2D eigenvalue weighted by molar-refractivity contribution is -0.136. The zero-order valence-electron chi connectivity index (χ0n) is 10.4. The van der Waals surface area contributed by atoms with Crippen molar-refractivity contribution in [2.75, 3.05) is 20.1 Å². The molecule has 0 N–H and O–H groups in total.